The standard InChI is InChI=1S/C33H36INO8/c1-2-41-31(38)28-24-20-23(7-8-26(24)43-30(28)33(40)12-5-6-13-33)42-29-22(9-14-32(39)10-3-4-11-32)17-21(18-25(29)34)19-27(37)35-15-16-36/h7-8,17-18,20,36,39-40H,2-6,10-13,15-16,19H2,1H3,(H,35,37). The highest BCUT2D eigenvalue weighted by Crippen LogP contribution is 2.44. The SMILES string of the molecule is CCOC(=O)c1c(C2(O)CCCC2)oc2ccc(Oc3c(I)cc(CC(=O)NCCO)cc3C#CC3(O)CCCC3)cc12. The van der Waals surface area contributed by atoms with Crippen LogP contribution in [0.25, 0.3) is 11.0 Å². The number of halogens is 1. The van der Waals surface area contributed by atoms with E-state index in [1.54, 1.807) is 31.2 Å². The van der Waals surface area contributed by atoms with Crippen molar-refractivity contribution >= 4 is 45.4 Å². The Bertz CT molecular complexity index is 1570. The molecule has 2 aromatic carbocycles. The number of benzene rings is 2. The molecule has 1 aromatic heterocycles. The molecule has 5 rings (SSSR count). The second kappa shape index (κ2) is 13.3. The van der Waals surface area contributed by atoms with Crippen molar-refractivity contribution in [2.45, 2.75) is 75.9 Å². The van der Waals surface area contributed by atoms with E-state index in [1.165, 1.54) is 0 Å². The number of esters is 1. The van der Waals surface area contributed by atoms with Gasteiger partial charge in [-0.25, -0.2) is 4.79 Å². The number of nitrogens with one attached hydrogen (secondary N) is 1. The first kappa shape index (κ1) is 31.3. The monoisotopic (exact) mass is 701 g/mol. The van der Waals surface area contributed by atoms with Gasteiger partial charge in [-0.05, 0) is 117 Å². The minimum Gasteiger partial charge on any atom is -0.462 e. The molecule has 2 fully saturated rings. The number of carbonyl (C=O) groups excluding carboxylic acids is 2. The van der Waals surface area contributed by atoms with Gasteiger partial charge < -0.3 is 34.5 Å². The highest BCUT2D eigenvalue weighted by Gasteiger charge is 2.41. The molecule has 43 heavy (non-hydrogen) atoms. The lowest BCUT2D eigenvalue weighted by Gasteiger charge is -2.20. The van der Waals surface area contributed by atoms with E-state index in [2.05, 4.69) is 39.7 Å². The molecule has 0 spiro atoms. The maximum Gasteiger partial charge on any atom is 0.342 e. The van der Waals surface area contributed by atoms with E-state index < -0.39 is 17.2 Å². The Morgan fingerprint density at radius 2 is 1.79 bits per heavy atom. The largest absolute Gasteiger partial charge is 0.462 e. The van der Waals surface area contributed by atoms with Crippen LogP contribution in [0, 0.1) is 15.4 Å². The Morgan fingerprint density at radius 3 is 2.49 bits per heavy atom. The van der Waals surface area contributed by atoms with E-state index in [9.17, 15) is 19.8 Å². The molecule has 2 aliphatic rings. The van der Waals surface area contributed by atoms with Gasteiger partial charge in [-0.1, -0.05) is 11.8 Å². The number of ether oxygens (including phenoxy) is 2. The Kier molecular flexibility index (Phi) is 9.66. The van der Waals surface area contributed by atoms with Crippen LogP contribution < -0.4 is 10.1 Å². The van der Waals surface area contributed by atoms with Gasteiger partial charge in [0.25, 0.3) is 0 Å². The van der Waals surface area contributed by atoms with Crippen molar-refractivity contribution in [2.24, 2.45) is 0 Å². The van der Waals surface area contributed by atoms with Crippen molar-refractivity contribution in [2.75, 3.05) is 19.8 Å². The molecule has 2 aliphatic carbocycles. The molecule has 0 bridgehead atoms. The number of fused-ring (bicyclic) bond motifs is 1. The molecule has 228 valence electrons. The molecule has 0 radical (unpaired) electrons. The lowest BCUT2D eigenvalue weighted by Crippen LogP contribution is -2.27. The molecular weight excluding hydrogens is 665 g/mol. The van der Waals surface area contributed by atoms with Crippen molar-refractivity contribution < 1.29 is 38.8 Å². The van der Waals surface area contributed by atoms with E-state index in [-0.39, 0.29) is 43.4 Å². The first-order valence-corrected chi connectivity index (χ1v) is 15.8. The van der Waals surface area contributed by atoms with Gasteiger partial charge in [-0.3, -0.25) is 4.79 Å². The number of hydrogen-bond donors (Lipinski definition) is 4. The molecule has 1 heterocycles. The van der Waals surface area contributed by atoms with Gasteiger partial charge in [0.15, 0.2) is 11.5 Å². The van der Waals surface area contributed by atoms with Crippen LogP contribution in [0.15, 0.2) is 34.7 Å². The van der Waals surface area contributed by atoms with Gasteiger partial charge in [-0.2, -0.15) is 0 Å². The van der Waals surface area contributed by atoms with Crippen LogP contribution in [-0.4, -0.2) is 52.6 Å². The third kappa shape index (κ3) is 7.01. The van der Waals surface area contributed by atoms with Crippen LogP contribution in [0.4, 0.5) is 0 Å². The Hall–Kier alpha value is -3.11. The molecule has 9 nitrogen and oxygen atoms in total. The molecule has 0 unspecified atom stereocenters. The number of hydrogen-bond acceptors (Lipinski definition) is 8. The third-order valence-corrected chi connectivity index (χ3v) is 8.78. The number of aliphatic hydroxyl groups excluding tert-OH is 1. The Labute approximate surface area is 264 Å². The molecule has 0 atom stereocenters. The second-order valence-electron chi connectivity index (χ2n) is 11.2. The molecular formula is C33H36INO8. The predicted molar refractivity (Wildman–Crippen MR) is 168 cm³/mol. The zero-order valence-corrected chi connectivity index (χ0v) is 26.3. The quantitative estimate of drug-likeness (QED) is 0.138. The average Bonchev–Trinajstić information content (AvgIpc) is 3.71. The maximum atomic E-state index is 13.1. The molecule has 1 amide bonds. The molecule has 4 N–H and O–H groups in total. The van der Waals surface area contributed by atoms with Gasteiger partial charge in [0.05, 0.1) is 28.8 Å². The Morgan fingerprint density at radius 1 is 1.07 bits per heavy atom. The summed E-state index contributed by atoms with van der Waals surface area (Å²) in [4.78, 5) is 25.5. The van der Waals surface area contributed by atoms with Crippen molar-refractivity contribution in [3.63, 3.8) is 0 Å². The van der Waals surface area contributed by atoms with Gasteiger partial charge in [0.2, 0.25) is 5.91 Å². The third-order valence-electron chi connectivity index (χ3n) is 7.97. The molecule has 0 saturated heterocycles. The summed E-state index contributed by atoms with van der Waals surface area (Å²) in [6, 6.07) is 8.72. The highest BCUT2D eigenvalue weighted by molar-refractivity contribution is 14.1. The van der Waals surface area contributed by atoms with Crippen molar-refractivity contribution in [3.8, 4) is 23.3 Å². The van der Waals surface area contributed by atoms with Gasteiger partial charge in [0.1, 0.15) is 28.1 Å². The Balaban J connectivity index is 1.55. The summed E-state index contributed by atoms with van der Waals surface area (Å²) >= 11 is 2.13. The fraction of sp³-hybridized carbons (Fsp3) is 0.455. The normalized spacial score (nSPS) is 17.0. The number of aliphatic hydroxyl groups is 3. The zero-order valence-electron chi connectivity index (χ0n) is 24.1. The summed E-state index contributed by atoms with van der Waals surface area (Å²) in [5.41, 5.74) is -0.448. The fourth-order valence-electron chi connectivity index (χ4n) is 5.84. The van der Waals surface area contributed by atoms with Crippen LogP contribution in [0.3, 0.4) is 0 Å². The predicted octanol–water partition coefficient (Wildman–Crippen LogP) is 5.08. The first-order valence-electron chi connectivity index (χ1n) is 14.7. The van der Waals surface area contributed by atoms with Gasteiger partial charge in [0, 0.05) is 11.9 Å². The fourth-order valence-corrected chi connectivity index (χ4v) is 6.64. The van der Waals surface area contributed by atoms with Crippen LogP contribution >= 0.6 is 22.6 Å². The molecule has 10 heteroatoms. The second-order valence-corrected chi connectivity index (χ2v) is 12.4. The average molecular weight is 702 g/mol. The van der Waals surface area contributed by atoms with E-state index in [0.717, 1.165) is 25.7 Å². The van der Waals surface area contributed by atoms with E-state index in [1.807, 2.05) is 6.07 Å². The van der Waals surface area contributed by atoms with Gasteiger partial charge in [-0.15, -0.1) is 0 Å². The van der Waals surface area contributed by atoms with Gasteiger partial charge >= 0.3 is 5.97 Å². The number of furan rings is 1. The van der Waals surface area contributed by atoms with Crippen LogP contribution in [0.2, 0.25) is 0 Å². The smallest absolute Gasteiger partial charge is 0.342 e. The highest BCUT2D eigenvalue weighted by atomic mass is 127. The molecule has 3 aromatic rings. The zero-order chi connectivity index (χ0) is 30.6. The van der Waals surface area contributed by atoms with Crippen LogP contribution in [-0.2, 0) is 21.6 Å². The summed E-state index contributed by atoms with van der Waals surface area (Å²) in [6.45, 7) is 1.92. The molecule has 0 aliphatic heterocycles. The van der Waals surface area contributed by atoms with E-state index in [0.29, 0.717) is 62.8 Å². The van der Waals surface area contributed by atoms with Crippen molar-refractivity contribution in [3.05, 3.63) is 56.4 Å². The van der Waals surface area contributed by atoms with Crippen molar-refractivity contribution in [1.29, 1.82) is 0 Å². The van der Waals surface area contributed by atoms with E-state index in [4.69, 9.17) is 19.0 Å². The first-order chi connectivity index (χ1) is 20.6. The summed E-state index contributed by atoms with van der Waals surface area (Å²) < 4.78 is 18.5. The minimum absolute atomic E-state index is 0.0881. The maximum absolute atomic E-state index is 13.1. The minimum atomic E-state index is -1.24. The topological polar surface area (TPSA) is 138 Å². The van der Waals surface area contributed by atoms with Crippen LogP contribution in [0.5, 0.6) is 11.5 Å². The van der Waals surface area contributed by atoms with Crippen LogP contribution in [0.1, 0.15) is 85.5 Å². The number of rotatable bonds is 9. The lowest BCUT2D eigenvalue weighted by molar-refractivity contribution is -0.120. The summed E-state index contributed by atoms with van der Waals surface area (Å²) in [6.07, 6.45) is 5.76. The van der Waals surface area contributed by atoms with Crippen molar-refractivity contribution in [1.82, 2.24) is 5.32 Å². The molecule has 2 saturated carbocycles. The van der Waals surface area contributed by atoms with E-state index >= 15 is 0 Å². The summed E-state index contributed by atoms with van der Waals surface area (Å²) in [5.74, 6) is 6.44. The summed E-state index contributed by atoms with van der Waals surface area (Å²) in [7, 11) is 0. The summed E-state index contributed by atoms with van der Waals surface area (Å²) in [5, 5.41) is 34.4. The lowest BCUT2D eigenvalue weighted by atomic mass is 9.94. The number of carbonyl (C=O) groups is 2. The number of amides is 1.